The minimum atomic E-state index is -0.890. The van der Waals surface area contributed by atoms with Crippen molar-refractivity contribution in [3.8, 4) is 11.1 Å². The Morgan fingerprint density at radius 2 is 1.41 bits per heavy atom. The summed E-state index contributed by atoms with van der Waals surface area (Å²) in [7, 11) is 0. The van der Waals surface area contributed by atoms with Crippen LogP contribution in [0.5, 0.6) is 0 Å². The standard InChI is InChI=1S/C25H26O2/c1-24(2)11-12-25(3,4)22-15-18-13-17(10-9-16(18)14-21(22)24)19-7-5-6-8-20(19)23(26)27/h5-10,13-15H,11-12H2,1-4H3,(H,26,27). The summed E-state index contributed by atoms with van der Waals surface area (Å²) in [6, 6.07) is 18.2. The van der Waals surface area contributed by atoms with E-state index < -0.39 is 5.97 Å². The molecule has 4 rings (SSSR count). The highest BCUT2D eigenvalue weighted by molar-refractivity contribution is 5.98. The second kappa shape index (κ2) is 5.95. The maximum atomic E-state index is 11.6. The largest absolute Gasteiger partial charge is 0.478 e. The molecule has 0 radical (unpaired) electrons. The number of fused-ring (bicyclic) bond motifs is 2. The minimum Gasteiger partial charge on any atom is -0.478 e. The quantitative estimate of drug-likeness (QED) is 0.563. The fraction of sp³-hybridized carbons (Fsp3) is 0.320. The van der Waals surface area contributed by atoms with E-state index in [1.807, 2.05) is 18.2 Å². The van der Waals surface area contributed by atoms with Gasteiger partial charge in [-0.1, -0.05) is 70.2 Å². The van der Waals surface area contributed by atoms with Crippen molar-refractivity contribution < 1.29 is 9.90 Å². The predicted octanol–water partition coefficient (Wildman–Crippen LogP) is 6.55. The van der Waals surface area contributed by atoms with Crippen molar-refractivity contribution in [1.29, 1.82) is 0 Å². The molecule has 0 saturated heterocycles. The van der Waals surface area contributed by atoms with Gasteiger partial charge in [0.25, 0.3) is 0 Å². The van der Waals surface area contributed by atoms with Crippen molar-refractivity contribution in [1.82, 2.24) is 0 Å². The monoisotopic (exact) mass is 358 g/mol. The Balaban J connectivity index is 1.94. The van der Waals surface area contributed by atoms with E-state index in [0.717, 1.165) is 11.1 Å². The first-order valence-electron chi connectivity index (χ1n) is 9.60. The number of carbonyl (C=O) groups is 1. The van der Waals surface area contributed by atoms with Crippen LogP contribution in [0.3, 0.4) is 0 Å². The summed E-state index contributed by atoms with van der Waals surface area (Å²) in [5, 5.41) is 11.9. The van der Waals surface area contributed by atoms with Gasteiger partial charge in [-0.3, -0.25) is 0 Å². The van der Waals surface area contributed by atoms with Gasteiger partial charge in [-0.15, -0.1) is 0 Å². The molecule has 0 fully saturated rings. The third-order valence-corrected chi connectivity index (χ3v) is 6.28. The van der Waals surface area contributed by atoms with Crippen LogP contribution in [0, 0.1) is 0 Å². The fourth-order valence-electron chi connectivity index (χ4n) is 4.40. The van der Waals surface area contributed by atoms with E-state index in [9.17, 15) is 9.90 Å². The van der Waals surface area contributed by atoms with Crippen LogP contribution in [0.2, 0.25) is 0 Å². The van der Waals surface area contributed by atoms with Gasteiger partial charge in [-0.05, 0) is 68.8 Å². The van der Waals surface area contributed by atoms with Gasteiger partial charge in [0.15, 0.2) is 0 Å². The van der Waals surface area contributed by atoms with Crippen molar-refractivity contribution in [2.75, 3.05) is 0 Å². The van der Waals surface area contributed by atoms with Crippen molar-refractivity contribution in [2.24, 2.45) is 0 Å². The first-order valence-corrected chi connectivity index (χ1v) is 9.60. The van der Waals surface area contributed by atoms with Crippen LogP contribution in [0.4, 0.5) is 0 Å². The molecule has 1 aliphatic carbocycles. The van der Waals surface area contributed by atoms with E-state index in [0.29, 0.717) is 5.56 Å². The van der Waals surface area contributed by atoms with Gasteiger partial charge in [-0.2, -0.15) is 0 Å². The Bertz CT molecular complexity index is 1060. The van der Waals surface area contributed by atoms with Gasteiger partial charge < -0.3 is 5.11 Å². The third kappa shape index (κ3) is 2.93. The van der Waals surface area contributed by atoms with Gasteiger partial charge in [0.2, 0.25) is 0 Å². The molecule has 0 aromatic heterocycles. The highest BCUT2D eigenvalue weighted by atomic mass is 16.4. The summed E-state index contributed by atoms with van der Waals surface area (Å²) in [6.45, 7) is 9.34. The number of hydrogen-bond donors (Lipinski definition) is 1. The Kier molecular flexibility index (Phi) is 3.92. The normalized spacial score (nSPS) is 17.5. The second-order valence-corrected chi connectivity index (χ2v) is 9.08. The Morgan fingerprint density at radius 1 is 0.815 bits per heavy atom. The van der Waals surface area contributed by atoms with Crippen molar-refractivity contribution in [3.63, 3.8) is 0 Å². The summed E-state index contributed by atoms with van der Waals surface area (Å²) in [5.41, 5.74) is 5.29. The van der Waals surface area contributed by atoms with Crippen molar-refractivity contribution in [3.05, 3.63) is 71.3 Å². The van der Waals surface area contributed by atoms with E-state index in [1.54, 1.807) is 12.1 Å². The van der Waals surface area contributed by atoms with E-state index in [1.165, 1.54) is 34.7 Å². The molecule has 0 heterocycles. The number of hydrogen-bond acceptors (Lipinski definition) is 1. The maximum Gasteiger partial charge on any atom is 0.336 e. The molecule has 0 bridgehead atoms. The lowest BCUT2D eigenvalue weighted by Gasteiger charge is -2.42. The minimum absolute atomic E-state index is 0.161. The van der Waals surface area contributed by atoms with Crippen LogP contribution in [0.15, 0.2) is 54.6 Å². The number of rotatable bonds is 2. The van der Waals surface area contributed by atoms with Crippen LogP contribution < -0.4 is 0 Å². The van der Waals surface area contributed by atoms with Crippen molar-refractivity contribution in [2.45, 2.75) is 51.4 Å². The number of benzene rings is 3. The molecule has 2 nitrogen and oxygen atoms in total. The van der Waals surface area contributed by atoms with Gasteiger partial charge in [0.1, 0.15) is 0 Å². The second-order valence-electron chi connectivity index (χ2n) is 9.08. The predicted molar refractivity (Wildman–Crippen MR) is 112 cm³/mol. The number of carboxylic acid groups (broad SMARTS) is 1. The third-order valence-electron chi connectivity index (χ3n) is 6.28. The topological polar surface area (TPSA) is 37.3 Å². The van der Waals surface area contributed by atoms with Gasteiger partial charge in [0.05, 0.1) is 5.56 Å². The van der Waals surface area contributed by atoms with Crippen LogP contribution in [-0.2, 0) is 10.8 Å². The molecule has 3 aromatic carbocycles. The lowest BCUT2D eigenvalue weighted by Crippen LogP contribution is -2.33. The fourth-order valence-corrected chi connectivity index (χ4v) is 4.40. The Hall–Kier alpha value is -2.61. The molecule has 27 heavy (non-hydrogen) atoms. The summed E-state index contributed by atoms with van der Waals surface area (Å²) in [4.78, 5) is 11.6. The molecular formula is C25H26O2. The highest BCUT2D eigenvalue weighted by Gasteiger charge is 2.37. The molecule has 0 aliphatic heterocycles. The molecule has 1 N–H and O–H groups in total. The molecule has 0 spiro atoms. The van der Waals surface area contributed by atoms with E-state index >= 15 is 0 Å². The zero-order valence-corrected chi connectivity index (χ0v) is 16.5. The number of carboxylic acids is 1. The molecule has 0 amide bonds. The lowest BCUT2D eigenvalue weighted by molar-refractivity contribution is 0.0697. The Labute approximate surface area is 160 Å². The summed E-state index contributed by atoms with van der Waals surface area (Å²) in [6.07, 6.45) is 2.38. The molecule has 0 unspecified atom stereocenters. The first kappa shape index (κ1) is 17.8. The van der Waals surface area contributed by atoms with Crippen molar-refractivity contribution >= 4 is 16.7 Å². The molecule has 0 saturated carbocycles. The maximum absolute atomic E-state index is 11.6. The summed E-state index contributed by atoms with van der Waals surface area (Å²) >= 11 is 0. The first-order chi connectivity index (χ1) is 12.7. The van der Waals surface area contributed by atoms with E-state index in [4.69, 9.17) is 0 Å². The summed E-state index contributed by atoms with van der Waals surface area (Å²) < 4.78 is 0. The molecule has 3 aromatic rings. The lowest BCUT2D eigenvalue weighted by atomic mass is 9.63. The molecule has 138 valence electrons. The average molecular weight is 358 g/mol. The SMILES string of the molecule is CC1(C)CCC(C)(C)c2cc3cc(-c4ccccc4C(=O)O)ccc3cc21. The Morgan fingerprint density at radius 3 is 2.04 bits per heavy atom. The van der Waals surface area contributed by atoms with Crippen LogP contribution in [0.25, 0.3) is 21.9 Å². The highest BCUT2D eigenvalue weighted by Crippen LogP contribution is 2.47. The van der Waals surface area contributed by atoms with E-state index in [-0.39, 0.29) is 10.8 Å². The molecular weight excluding hydrogens is 332 g/mol. The van der Waals surface area contributed by atoms with Gasteiger partial charge >= 0.3 is 5.97 Å². The van der Waals surface area contributed by atoms with Gasteiger partial charge in [-0.25, -0.2) is 4.79 Å². The number of aromatic carboxylic acids is 1. The smallest absolute Gasteiger partial charge is 0.336 e. The van der Waals surface area contributed by atoms with Crippen LogP contribution >= 0.6 is 0 Å². The zero-order valence-electron chi connectivity index (χ0n) is 16.5. The summed E-state index contributed by atoms with van der Waals surface area (Å²) in [5.74, 6) is -0.890. The molecule has 1 aliphatic rings. The van der Waals surface area contributed by atoms with Crippen LogP contribution in [-0.4, -0.2) is 11.1 Å². The molecule has 0 atom stereocenters. The zero-order chi connectivity index (χ0) is 19.4. The average Bonchev–Trinajstić information content (AvgIpc) is 2.64. The van der Waals surface area contributed by atoms with Crippen LogP contribution in [0.1, 0.15) is 62.0 Å². The van der Waals surface area contributed by atoms with Gasteiger partial charge in [0, 0.05) is 0 Å². The molecule has 2 heteroatoms. The van der Waals surface area contributed by atoms with E-state index in [2.05, 4.69) is 52.0 Å².